The van der Waals surface area contributed by atoms with Gasteiger partial charge < -0.3 is 14.2 Å². The van der Waals surface area contributed by atoms with Crippen LogP contribution in [0.1, 0.15) is 60.5 Å². The molecule has 0 radical (unpaired) electrons. The first-order chi connectivity index (χ1) is 13.0. The van der Waals surface area contributed by atoms with Crippen LogP contribution in [0.2, 0.25) is 0 Å². The van der Waals surface area contributed by atoms with Crippen LogP contribution in [0.15, 0.2) is 22.7 Å². The third-order valence-corrected chi connectivity index (χ3v) is 5.30. The maximum absolute atomic E-state index is 12.5. The Labute approximate surface area is 161 Å². The van der Waals surface area contributed by atoms with Crippen LogP contribution in [-0.2, 0) is 6.54 Å². The molecule has 0 aliphatic carbocycles. The number of rotatable bonds is 8. The predicted molar refractivity (Wildman–Crippen MR) is 104 cm³/mol. The van der Waals surface area contributed by atoms with Gasteiger partial charge in [-0.15, -0.1) is 5.10 Å². The van der Waals surface area contributed by atoms with Gasteiger partial charge in [-0.05, 0) is 58.3 Å². The van der Waals surface area contributed by atoms with E-state index in [4.69, 9.17) is 4.42 Å². The fourth-order valence-electron chi connectivity index (χ4n) is 3.42. The minimum atomic E-state index is 0.0110. The van der Waals surface area contributed by atoms with Crippen molar-refractivity contribution in [2.24, 2.45) is 0 Å². The van der Waals surface area contributed by atoms with Crippen LogP contribution < -0.4 is 0 Å². The van der Waals surface area contributed by atoms with E-state index in [1.54, 1.807) is 10.9 Å². The smallest absolute Gasteiger partial charge is 0.276 e. The Hall–Kier alpha value is -2.15. The van der Waals surface area contributed by atoms with Crippen molar-refractivity contribution >= 4 is 5.91 Å². The molecule has 0 saturated carbocycles. The number of piperidine rings is 1. The van der Waals surface area contributed by atoms with Crippen LogP contribution >= 0.6 is 0 Å². The molecule has 1 unspecified atom stereocenters. The summed E-state index contributed by atoms with van der Waals surface area (Å²) >= 11 is 0. The van der Waals surface area contributed by atoms with Crippen molar-refractivity contribution < 1.29 is 9.21 Å². The summed E-state index contributed by atoms with van der Waals surface area (Å²) < 4.78 is 7.48. The highest BCUT2D eigenvalue weighted by atomic mass is 16.3. The van der Waals surface area contributed by atoms with Gasteiger partial charge in [0.15, 0.2) is 5.69 Å². The van der Waals surface area contributed by atoms with Crippen LogP contribution in [0.3, 0.4) is 0 Å². The third kappa shape index (κ3) is 5.42. The third-order valence-electron chi connectivity index (χ3n) is 5.30. The lowest BCUT2D eigenvalue weighted by molar-refractivity contribution is 0.0718. The lowest BCUT2D eigenvalue weighted by atomic mass is 10.1. The van der Waals surface area contributed by atoms with Crippen molar-refractivity contribution in [1.82, 2.24) is 24.8 Å². The van der Waals surface area contributed by atoms with E-state index in [1.807, 2.05) is 17.9 Å². The first-order valence-corrected chi connectivity index (χ1v) is 9.97. The lowest BCUT2D eigenvalue weighted by Gasteiger charge is -2.25. The van der Waals surface area contributed by atoms with E-state index in [-0.39, 0.29) is 5.91 Å². The molecule has 3 heterocycles. The first-order valence-electron chi connectivity index (χ1n) is 9.97. The van der Waals surface area contributed by atoms with E-state index in [0.29, 0.717) is 11.6 Å². The number of aromatic nitrogens is 3. The number of aryl methyl sites for hydroxylation is 1. The van der Waals surface area contributed by atoms with Gasteiger partial charge in [-0.3, -0.25) is 9.48 Å². The van der Waals surface area contributed by atoms with Gasteiger partial charge in [-0.1, -0.05) is 12.1 Å². The molecule has 1 saturated heterocycles. The number of hydrogen-bond acceptors (Lipinski definition) is 5. The molecular formula is C20H31N5O2. The molecule has 1 atom stereocenters. The van der Waals surface area contributed by atoms with E-state index in [2.05, 4.69) is 35.2 Å². The number of amides is 1. The van der Waals surface area contributed by atoms with Gasteiger partial charge in [0.1, 0.15) is 11.5 Å². The molecule has 1 fully saturated rings. The maximum Gasteiger partial charge on any atom is 0.276 e. The molecule has 2 aromatic rings. The highest BCUT2D eigenvalue weighted by Gasteiger charge is 2.20. The molecule has 1 aliphatic rings. The molecule has 7 nitrogen and oxygen atoms in total. The number of furan rings is 1. The van der Waals surface area contributed by atoms with Crippen LogP contribution in [0.25, 0.3) is 0 Å². The van der Waals surface area contributed by atoms with E-state index >= 15 is 0 Å². The monoisotopic (exact) mass is 373 g/mol. The SMILES string of the molecule is Cc1ccc(C(C)CCN(C)CCn2cc(C(=O)N3CCCCC3)nn2)o1. The molecular weight excluding hydrogens is 342 g/mol. The zero-order valence-corrected chi connectivity index (χ0v) is 16.7. The number of likely N-dealkylation sites (tertiary alicyclic amines) is 1. The Balaban J connectivity index is 1.41. The molecule has 1 aliphatic heterocycles. The number of carbonyl (C=O) groups is 1. The van der Waals surface area contributed by atoms with Crippen molar-refractivity contribution in [3.8, 4) is 0 Å². The van der Waals surface area contributed by atoms with E-state index in [1.165, 1.54) is 6.42 Å². The molecule has 148 valence electrons. The van der Waals surface area contributed by atoms with Crippen molar-refractivity contribution in [2.45, 2.75) is 52.0 Å². The van der Waals surface area contributed by atoms with Gasteiger partial charge in [0.2, 0.25) is 0 Å². The summed E-state index contributed by atoms with van der Waals surface area (Å²) in [5.74, 6) is 2.43. The number of hydrogen-bond donors (Lipinski definition) is 0. The maximum atomic E-state index is 12.5. The number of carbonyl (C=O) groups excluding carboxylic acids is 1. The summed E-state index contributed by atoms with van der Waals surface area (Å²) in [6.45, 7) is 8.42. The fourth-order valence-corrected chi connectivity index (χ4v) is 3.42. The van der Waals surface area contributed by atoms with Gasteiger partial charge in [0.05, 0.1) is 12.7 Å². The molecule has 0 aromatic carbocycles. The summed E-state index contributed by atoms with van der Waals surface area (Å²) in [7, 11) is 2.11. The van der Waals surface area contributed by atoms with E-state index < -0.39 is 0 Å². The van der Waals surface area contributed by atoms with Crippen LogP contribution in [0, 0.1) is 6.92 Å². The zero-order chi connectivity index (χ0) is 19.2. The normalized spacial score (nSPS) is 16.1. The van der Waals surface area contributed by atoms with E-state index in [0.717, 1.165) is 63.5 Å². The molecule has 0 bridgehead atoms. The minimum Gasteiger partial charge on any atom is -0.466 e. The Morgan fingerprint density at radius 2 is 2.04 bits per heavy atom. The van der Waals surface area contributed by atoms with Crippen molar-refractivity contribution in [3.05, 3.63) is 35.5 Å². The van der Waals surface area contributed by atoms with Gasteiger partial charge in [-0.2, -0.15) is 0 Å². The summed E-state index contributed by atoms with van der Waals surface area (Å²) in [6.07, 6.45) is 6.20. The molecule has 2 aromatic heterocycles. The van der Waals surface area contributed by atoms with E-state index in [9.17, 15) is 4.79 Å². The largest absolute Gasteiger partial charge is 0.466 e. The summed E-state index contributed by atoms with van der Waals surface area (Å²) in [5.41, 5.74) is 0.460. The Morgan fingerprint density at radius 1 is 1.26 bits per heavy atom. The van der Waals surface area contributed by atoms with Gasteiger partial charge in [-0.25, -0.2) is 0 Å². The fraction of sp³-hybridized carbons (Fsp3) is 0.650. The summed E-state index contributed by atoms with van der Waals surface area (Å²) in [4.78, 5) is 16.6. The highest BCUT2D eigenvalue weighted by Crippen LogP contribution is 2.21. The summed E-state index contributed by atoms with van der Waals surface area (Å²) in [6, 6.07) is 4.08. The Kier molecular flexibility index (Phi) is 6.66. The van der Waals surface area contributed by atoms with Crippen LogP contribution in [-0.4, -0.2) is 63.9 Å². The number of likely N-dealkylation sites (N-methyl/N-ethyl adjacent to an activating group) is 1. The van der Waals surface area contributed by atoms with Crippen molar-refractivity contribution in [3.63, 3.8) is 0 Å². The van der Waals surface area contributed by atoms with Gasteiger partial charge in [0.25, 0.3) is 5.91 Å². The second kappa shape index (κ2) is 9.17. The van der Waals surface area contributed by atoms with Crippen molar-refractivity contribution in [2.75, 3.05) is 33.2 Å². The zero-order valence-electron chi connectivity index (χ0n) is 16.7. The second-order valence-corrected chi connectivity index (χ2v) is 7.66. The van der Waals surface area contributed by atoms with Crippen LogP contribution in [0.4, 0.5) is 0 Å². The summed E-state index contributed by atoms with van der Waals surface area (Å²) in [5, 5.41) is 8.20. The molecule has 0 N–H and O–H groups in total. The van der Waals surface area contributed by atoms with Gasteiger partial charge in [0, 0.05) is 25.6 Å². The molecule has 27 heavy (non-hydrogen) atoms. The average molecular weight is 374 g/mol. The standard InChI is InChI=1S/C20H31N5O2/c1-16(19-8-7-17(2)27-19)9-12-23(3)13-14-25-15-18(21-22-25)20(26)24-10-5-4-6-11-24/h7-8,15-16H,4-6,9-14H2,1-3H3. The second-order valence-electron chi connectivity index (χ2n) is 7.66. The predicted octanol–water partition coefficient (Wildman–Crippen LogP) is 2.93. The molecule has 7 heteroatoms. The Bertz CT molecular complexity index is 732. The molecule has 3 rings (SSSR count). The first kappa shape index (κ1) is 19.6. The average Bonchev–Trinajstić information content (AvgIpc) is 3.33. The topological polar surface area (TPSA) is 67.4 Å². The quantitative estimate of drug-likeness (QED) is 0.712. The van der Waals surface area contributed by atoms with Crippen LogP contribution in [0.5, 0.6) is 0 Å². The highest BCUT2D eigenvalue weighted by molar-refractivity contribution is 5.91. The lowest BCUT2D eigenvalue weighted by Crippen LogP contribution is -2.35. The molecule has 0 spiro atoms. The molecule has 1 amide bonds. The Morgan fingerprint density at radius 3 is 2.74 bits per heavy atom. The number of nitrogens with zero attached hydrogens (tertiary/aromatic N) is 5. The van der Waals surface area contributed by atoms with Crippen molar-refractivity contribution in [1.29, 1.82) is 0 Å². The minimum absolute atomic E-state index is 0.0110. The van der Waals surface area contributed by atoms with Gasteiger partial charge >= 0.3 is 0 Å².